The van der Waals surface area contributed by atoms with Crippen molar-refractivity contribution in [3.05, 3.63) is 59.3 Å². The summed E-state index contributed by atoms with van der Waals surface area (Å²) in [5, 5.41) is 2.14. The summed E-state index contributed by atoms with van der Waals surface area (Å²) < 4.78 is 0. The Balaban J connectivity index is 1.71. The maximum absolute atomic E-state index is 13.0. The Morgan fingerprint density at radius 1 is 1.12 bits per heavy atom. The fourth-order valence-electron chi connectivity index (χ4n) is 3.24. The highest BCUT2D eigenvalue weighted by molar-refractivity contribution is 5.99. The number of hydrogen-bond acceptors (Lipinski definition) is 5. The molecule has 0 radical (unpaired) electrons. The van der Waals surface area contributed by atoms with Crippen LogP contribution in [-0.2, 0) is 6.54 Å². The molecule has 0 saturated heterocycles. The summed E-state index contributed by atoms with van der Waals surface area (Å²) in [6, 6.07) is 13.5. The van der Waals surface area contributed by atoms with Crippen molar-refractivity contribution >= 4 is 28.4 Å². The van der Waals surface area contributed by atoms with E-state index in [4.69, 9.17) is 11.5 Å². The molecule has 4 N–H and O–H groups in total. The van der Waals surface area contributed by atoms with Gasteiger partial charge in [-0.05, 0) is 29.8 Å². The molecule has 6 heteroatoms. The Kier molecular flexibility index (Phi) is 3.13. The number of amides is 1. The van der Waals surface area contributed by atoms with Crippen LogP contribution in [0.5, 0.6) is 0 Å². The molecule has 3 aromatic rings. The van der Waals surface area contributed by atoms with E-state index in [1.807, 2.05) is 49.4 Å². The predicted octanol–water partition coefficient (Wildman–Crippen LogP) is 2.51. The summed E-state index contributed by atoms with van der Waals surface area (Å²) in [6.45, 7) is 2.32. The Hall–Kier alpha value is -3.15. The number of nitrogens with zero attached hydrogens (tertiary/aromatic N) is 3. The number of benzene rings is 2. The minimum Gasteiger partial charge on any atom is -0.383 e. The number of nitrogen functional groups attached to an aromatic ring is 2. The molecule has 1 aromatic heterocycles. The third-order valence-electron chi connectivity index (χ3n) is 4.54. The van der Waals surface area contributed by atoms with E-state index < -0.39 is 0 Å². The number of anilines is 2. The molecule has 0 aliphatic carbocycles. The molecule has 1 aliphatic heterocycles. The van der Waals surface area contributed by atoms with Gasteiger partial charge in [0.25, 0.3) is 5.91 Å². The molecule has 0 spiro atoms. The topological polar surface area (TPSA) is 98.1 Å². The largest absolute Gasteiger partial charge is 0.383 e. The van der Waals surface area contributed by atoms with Crippen molar-refractivity contribution in [1.82, 2.24) is 14.9 Å². The van der Waals surface area contributed by atoms with E-state index >= 15 is 0 Å². The highest BCUT2D eigenvalue weighted by atomic mass is 16.2. The number of hydrogen-bond donors (Lipinski definition) is 2. The van der Waals surface area contributed by atoms with Crippen molar-refractivity contribution in [3.63, 3.8) is 0 Å². The smallest absolute Gasteiger partial charge is 0.254 e. The van der Waals surface area contributed by atoms with Crippen LogP contribution in [0.4, 0.5) is 11.8 Å². The predicted molar refractivity (Wildman–Crippen MR) is 93.1 cm³/mol. The Labute approximate surface area is 139 Å². The second-order valence-electron chi connectivity index (χ2n) is 6.00. The Bertz CT molecular complexity index is 969. The first-order chi connectivity index (χ1) is 11.5. The van der Waals surface area contributed by atoms with Gasteiger partial charge in [0.15, 0.2) is 0 Å². The maximum Gasteiger partial charge on any atom is 0.254 e. The van der Waals surface area contributed by atoms with Crippen LogP contribution >= 0.6 is 0 Å². The van der Waals surface area contributed by atoms with Gasteiger partial charge in [-0.2, -0.15) is 4.98 Å². The van der Waals surface area contributed by atoms with E-state index in [-0.39, 0.29) is 17.9 Å². The molecule has 120 valence electrons. The van der Waals surface area contributed by atoms with Crippen molar-refractivity contribution in [3.8, 4) is 0 Å². The molecule has 0 saturated carbocycles. The van der Waals surface area contributed by atoms with Crippen LogP contribution in [0.3, 0.4) is 0 Å². The average molecular weight is 319 g/mol. The van der Waals surface area contributed by atoms with Crippen LogP contribution in [0.25, 0.3) is 10.8 Å². The van der Waals surface area contributed by atoms with E-state index in [2.05, 4.69) is 9.97 Å². The van der Waals surface area contributed by atoms with Gasteiger partial charge in [-0.15, -0.1) is 0 Å². The lowest BCUT2D eigenvalue weighted by Crippen LogP contribution is -2.28. The lowest BCUT2D eigenvalue weighted by Gasteiger charge is -2.21. The first-order valence-electron chi connectivity index (χ1n) is 7.76. The van der Waals surface area contributed by atoms with E-state index in [9.17, 15) is 4.79 Å². The van der Waals surface area contributed by atoms with E-state index in [0.29, 0.717) is 17.9 Å². The van der Waals surface area contributed by atoms with Gasteiger partial charge in [0.05, 0.1) is 18.3 Å². The fourth-order valence-corrected chi connectivity index (χ4v) is 3.24. The Morgan fingerprint density at radius 3 is 2.67 bits per heavy atom. The van der Waals surface area contributed by atoms with Crippen LogP contribution in [0.1, 0.15) is 34.6 Å². The average Bonchev–Trinajstić information content (AvgIpc) is 2.91. The van der Waals surface area contributed by atoms with Crippen LogP contribution in [-0.4, -0.2) is 20.8 Å². The van der Waals surface area contributed by atoms with Gasteiger partial charge < -0.3 is 16.4 Å². The molecule has 1 atom stereocenters. The van der Waals surface area contributed by atoms with Crippen LogP contribution in [0.2, 0.25) is 0 Å². The van der Waals surface area contributed by atoms with Crippen molar-refractivity contribution in [2.45, 2.75) is 19.5 Å². The quantitative estimate of drug-likeness (QED) is 0.718. The molecule has 24 heavy (non-hydrogen) atoms. The minimum absolute atomic E-state index is 0.0516. The third kappa shape index (κ3) is 2.15. The molecule has 4 rings (SSSR count). The number of rotatable bonds is 1. The van der Waals surface area contributed by atoms with Crippen molar-refractivity contribution in [1.29, 1.82) is 0 Å². The van der Waals surface area contributed by atoms with Crippen molar-refractivity contribution in [2.75, 3.05) is 11.5 Å². The van der Waals surface area contributed by atoms with Gasteiger partial charge in [0, 0.05) is 11.1 Å². The van der Waals surface area contributed by atoms with Crippen LogP contribution in [0.15, 0.2) is 42.5 Å². The van der Waals surface area contributed by atoms with Crippen molar-refractivity contribution < 1.29 is 4.79 Å². The van der Waals surface area contributed by atoms with Crippen molar-refractivity contribution in [2.24, 2.45) is 0 Å². The van der Waals surface area contributed by atoms with Crippen LogP contribution < -0.4 is 11.5 Å². The number of aromatic nitrogens is 2. The molecule has 2 heterocycles. The van der Waals surface area contributed by atoms with Gasteiger partial charge in [0.1, 0.15) is 5.82 Å². The minimum atomic E-state index is -0.188. The summed E-state index contributed by atoms with van der Waals surface area (Å²) in [5.74, 6) is 0.431. The lowest BCUT2D eigenvalue weighted by atomic mass is 10.1. The number of carbonyl (C=O) groups excluding carboxylic acids is 1. The number of nitrogens with two attached hydrogens (primary N) is 2. The summed E-state index contributed by atoms with van der Waals surface area (Å²) in [5.41, 5.74) is 13.8. The van der Waals surface area contributed by atoms with Crippen LogP contribution in [0, 0.1) is 0 Å². The zero-order valence-electron chi connectivity index (χ0n) is 13.2. The fraction of sp³-hybridized carbons (Fsp3) is 0.167. The molecule has 0 bridgehead atoms. The zero-order valence-corrected chi connectivity index (χ0v) is 13.2. The monoisotopic (exact) mass is 319 g/mol. The van der Waals surface area contributed by atoms with Gasteiger partial charge >= 0.3 is 0 Å². The molecule has 1 aliphatic rings. The van der Waals surface area contributed by atoms with Gasteiger partial charge in [-0.3, -0.25) is 4.79 Å². The van der Waals surface area contributed by atoms with Gasteiger partial charge in [-0.25, -0.2) is 4.98 Å². The highest BCUT2D eigenvalue weighted by Gasteiger charge is 2.34. The first-order valence-corrected chi connectivity index (χ1v) is 7.76. The standard InChI is InChI=1S/C18H17N5O/c1-10-15-14(16(19)22-18(20)21-15)9-23(10)17(24)13-7-6-11-4-2-3-5-12(11)8-13/h2-8,10H,9H2,1H3,(H4,19,20,21,22)/t10-/m1/s1. The van der Waals surface area contributed by atoms with Gasteiger partial charge in [0.2, 0.25) is 5.95 Å². The highest BCUT2D eigenvalue weighted by Crippen LogP contribution is 2.36. The van der Waals surface area contributed by atoms with Gasteiger partial charge in [-0.1, -0.05) is 30.3 Å². The third-order valence-corrected chi connectivity index (χ3v) is 4.54. The Morgan fingerprint density at radius 2 is 1.88 bits per heavy atom. The summed E-state index contributed by atoms with van der Waals surface area (Å²) in [6.07, 6.45) is 0. The van der Waals surface area contributed by atoms with E-state index in [1.54, 1.807) is 4.90 Å². The molecule has 1 amide bonds. The lowest BCUT2D eigenvalue weighted by molar-refractivity contribution is 0.0703. The molecular formula is C18H17N5O. The second-order valence-corrected chi connectivity index (χ2v) is 6.00. The summed E-state index contributed by atoms with van der Waals surface area (Å²) >= 11 is 0. The second kappa shape index (κ2) is 5.19. The zero-order chi connectivity index (χ0) is 16.8. The number of carbonyl (C=O) groups is 1. The summed E-state index contributed by atoms with van der Waals surface area (Å²) in [7, 11) is 0. The molecule has 0 unspecified atom stereocenters. The first kappa shape index (κ1) is 14.4. The molecular weight excluding hydrogens is 302 g/mol. The van der Waals surface area contributed by atoms with E-state index in [1.165, 1.54) is 0 Å². The maximum atomic E-state index is 13.0. The molecule has 6 nitrogen and oxygen atoms in total. The SMILES string of the molecule is C[C@@H]1c2nc(N)nc(N)c2CN1C(=O)c1ccc2ccccc2c1. The normalized spacial score (nSPS) is 16.4. The number of fused-ring (bicyclic) bond motifs is 2. The van der Waals surface area contributed by atoms with E-state index in [0.717, 1.165) is 22.0 Å². The molecule has 0 fully saturated rings. The molecule has 2 aromatic carbocycles. The summed E-state index contributed by atoms with van der Waals surface area (Å²) in [4.78, 5) is 23.0.